The Kier molecular flexibility index (Phi) is 6.82. The molecule has 5 nitrogen and oxygen atoms in total. The Hall–Kier alpha value is -2.12. The molecule has 9 heteroatoms. The molecule has 1 aliphatic rings. The summed E-state index contributed by atoms with van der Waals surface area (Å²) >= 11 is 18.7. The Balaban J connectivity index is 1.53. The van der Waals surface area contributed by atoms with Crippen molar-refractivity contribution >= 4 is 46.5 Å². The van der Waals surface area contributed by atoms with E-state index in [1.54, 1.807) is 10.6 Å². The second-order valence-electron chi connectivity index (χ2n) is 7.43. The van der Waals surface area contributed by atoms with Gasteiger partial charge in [0.1, 0.15) is 0 Å². The van der Waals surface area contributed by atoms with Crippen LogP contribution >= 0.6 is 34.8 Å². The van der Waals surface area contributed by atoms with E-state index in [9.17, 15) is 9.18 Å². The van der Waals surface area contributed by atoms with Crippen LogP contribution in [0.2, 0.25) is 15.1 Å². The summed E-state index contributed by atoms with van der Waals surface area (Å²) in [6.07, 6.45) is 2.91. The fourth-order valence-electron chi connectivity index (χ4n) is 3.86. The molecule has 0 bridgehead atoms. The van der Waals surface area contributed by atoms with E-state index in [2.05, 4.69) is 14.8 Å². The molecule has 0 amide bonds. The molecule has 1 aromatic heterocycles. The predicted molar refractivity (Wildman–Crippen MR) is 122 cm³/mol. The maximum atomic E-state index is 12.8. The van der Waals surface area contributed by atoms with Gasteiger partial charge in [0, 0.05) is 49.0 Å². The van der Waals surface area contributed by atoms with Crippen molar-refractivity contribution in [2.75, 3.05) is 31.1 Å². The van der Waals surface area contributed by atoms with Crippen molar-refractivity contribution in [2.24, 2.45) is 0 Å². The number of aromatic nitrogens is 2. The zero-order valence-electron chi connectivity index (χ0n) is 16.5. The molecule has 1 aliphatic heterocycles. The van der Waals surface area contributed by atoms with Gasteiger partial charge in [-0.2, -0.15) is 4.39 Å². The summed E-state index contributed by atoms with van der Waals surface area (Å²) in [6.45, 7) is 3.71. The van der Waals surface area contributed by atoms with Gasteiger partial charge in [0.25, 0.3) is 0 Å². The van der Waals surface area contributed by atoms with Crippen LogP contribution in [0.1, 0.15) is 22.1 Å². The van der Waals surface area contributed by atoms with Gasteiger partial charge >= 0.3 is 6.04 Å². The van der Waals surface area contributed by atoms with Crippen molar-refractivity contribution in [1.29, 1.82) is 0 Å². The standard InChI is InChI=1S/C22H20Cl3FN4O/c23-16-3-1-15(2-4-16)21-13-28(7-8-29-12-19(22(26)31)27-14-29)9-10-30(21)20-6-5-17(24)11-18(20)25/h1-6,11-12,14,21H,7-10,13H2. The lowest BCUT2D eigenvalue weighted by Gasteiger charge is -2.43. The molecule has 2 aromatic carbocycles. The van der Waals surface area contributed by atoms with Gasteiger partial charge in [0.05, 0.1) is 23.1 Å². The van der Waals surface area contributed by atoms with Gasteiger partial charge in [-0.1, -0.05) is 46.9 Å². The third-order valence-electron chi connectivity index (χ3n) is 5.45. The van der Waals surface area contributed by atoms with Crippen molar-refractivity contribution in [3.05, 3.63) is 81.3 Å². The minimum Gasteiger partial charge on any atom is -0.361 e. The Bertz CT molecular complexity index is 1070. The summed E-state index contributed by atoms with van der Waals surface area (Å²) in [5.74, 6) is 0. The van der Waals surface area contributed by atoms with E-state index in [0.717, 1.165) is 37.4 Å². The lowest BCUT2D eigenvalue weighted by molar-refractivity contribution is 0.0830. The Morgan fingerprint density at radius 3 is 2.45 bits per heavy atom. The smallest absolute Gasteiger partial charge is 0.351 e. The second kappa shape index (κ2) is 9.57. The SMILES string of the molecule is O=C(F)c1cn(CCN2CCN(c3ccc(Cl)cc3Cl)C(c3ccc(Cl)cc3)C2)cn1. The van der Waals surface area contributed by atoms with Crippen LogP contribution in [0, 0.1) is 0 Å². The maximum Gasteiger partial charge on any atom is 0.351 e. The second-order valence-corrected chi connectivity index (χ2v) is 8.71. The number of hydrogen-bond acceptors (Lipinski definition) is 4. The van der Waals surface area contributed by atoms with Gasteiger partial charge in [0.2, 0.25) is 0 Å². The van der Waals surface area contributed by atoms with E-state index in [1.807, 2.05) is 36.4 Å². The van der Waals surface area contributed by atoms with E-state index in [0.29, 0.717) is 21.6 Å². The third-order valence-corrected chi connectivity index (χ3v) is 6.24. The molecule has 1 atom stereocenters. The van der Waals surface area contributed by atoms with Crippen LogP contribution in [0.3, 0.4) is 0 Å². The Labute approximate surface area is 194 Å². The van der Waals surface area contributed by atoms with Gasteiger partial charge in [0.15, 0.2) is 5.69 Å². The minimum atomic E-state index is -1.52. The zero-order chi connectivity index (χ0) is 22.0. The normalized spacial score (nSPS) is 17.2. The average molecular weight is 482 g/mol. The quantitative estimate of drug-likeness (QED) is 0.435. The van der Waals surface area contributed by atoms with Crippen molar-refractivity contribution in [1.82, 2.24) is 14.5 Å². The fourth-order valence-corrected chi connectivity index (χ4v) is 4.50. The number of anilines is 1. The first-order chi connectivity index (χ1) is 14.9. The molecule has 1 fully saturated rings. The number of benzene rings is 2. The molecule has 1 saturated heterocycles. The first kappa shape index (κ1) is 22.1. The van der Waals surface area contributed by atoms with E-state index < -0.39 is 6.04 Å². The summed E-state index contributed by atoms with van der Waals surface area (Å²) in [7, 11) is 0. The van der Waals surface area contributed by atoms with Crippen LogP contribution in [0.4, 0.5) is 10.1 Å². The van der Waals surface area contributed by atoms with Gasteiger partial charge in [-0.3, -0.25) is 9.69 Å². The summed E-state index contributed by atoms with van der Waals surface area (Å²) in [4.78, 5) is 19.2. The highest BCUT2D eigenvalue weighted by molar-refractivity contribution is 6.36. The topological polar surface area (TPSA) is 41.4 Å². The number of imidazole rings is 1. The van der Waals surface area contributed by atoms with Crippen molar-refractivity contribution in [2.45, 2.75) is 12.6 Å². The molecule has 0 saturated carbocycles. The van der Waals surface area contributed by atoms with Crippen molar-refractivity contribution in [3.63, 3.8) is 0 Å². The highest BCUT2D eigenvalue weighted by atomic mass is 35.5. The predicted octanol–water partition coefficient (Wildman–Crippen LogP) is 5.52. The van der Waals surface area contributed by atoms with Crippen LogP contribution in [-0.4, -0.2) is 46.7 Å². The Morgan fingerprint density at radius 2 is 1.77 bits per heavy atom. The summed E-state index contributed by atoms with van der Waals surface area (Å²) in [5.41, 5.74) is 1.90. The van der Waals surface area contributed by atoms with E-state index in [1.165, 1.54) is 12.5 Å². The molecule has 4 rings (SSSR count). The zero-order valence-corrected chi connectivity index (χ0v) is 18.8. The molecular formula is C22H20Cl3FN4O. The largest absolute Gasteiger partial charge is 0.361 e. The monoisotopic (exact) mass is 480 g/mol. The molecule has 2 heterocycles. The first-order valence-electron chi connectivity index (χ1n) is 9.82. The van der Waals surface area contributed by atoms with E-state index in [4.69, 9.17) is 34.8 Å². The van der Waals surface area contributed by atoms with Crippen LogP contribution in [0.25, 0.3) is 0 Å². The lowest BCUT2D eigenvalue weighted by atomic mass is 10.0. The molecule has 162 valence electrons. The molecule has 1 unspecified atom stereocenters. The van der Waals surface area contributed by atoms with Crippen LogP contribution in [0.15, 0.2) is 55.0 Å². The molecule has 0 N–H and O–H groups in total. The summed E-state index contributed by atoms with van der Waals surface area (Å²) in [5, 5.41) is 1.90. The Morgan fingerprint density at radius 1 is 1.03 bits per heavy atom. The highest BCUT2D eigenvalue weighted by Crippen LogP contribution is 2.36. The van der Waals surface area contributed by atoms with Gasteiger partial charge in [-0.15, -0.1) is 0 Å². The van der Waals surface area contributed by atoms with Gasteiger partial charge in [-0.05, 0) is 35.9 Å². The van der Waals surface area contributed by atoms with E-state index in [-0.39, 0.29) is 11.7 Å². The van der Waals surface area contributed by atoms with Crippen LogP contribution in [-0.2, 0) is 6.54 Å². The molecule has 0 radical (unpaired) electrons. The average Bonchev–Trinajstić information content (AvgIpc) is 3.23. The summed E-state index contributed by atoms with van der Waals surface area (Å²) in [6, 6.07) is 11.9. The van der Waals surface area contributed by atoms with Crippen molar-refractivity contribution in [3.8, 4) is 0 Å². The third kappa shape index (κ3) is 5.21. The van der Waals surface area contributed by atoms with Crippen LogP contribution < -0.4 is 4.90 Å². The number of rotatable bonds is 6. The minimum absolute atomic E-state index is 0.0652. The molecular weight excluding hydrogens is 462 g/mol. The van der Waals surface area contributed by atoms with Crippen LogP contribution in [0.5, 0.6) is 0 Å². The number of carbonyl (C=O) groups excluding carboxylic acids is 1. The molecule has 0 spiro atoms. The highest BCUT2D eigenvalue weighted by Gasteiger charge is 2.29. The van der Waals surface area contributed by atoms with Crippen molar-refractivity contribution < 1.29 is 9.18 Å². The fraction of sp³-hybridized carbons (Fsp3) is 0.273. The molecule has 0 aliphatic carbocycles. The van der Waals surface area contributed by atoms with E-state index >= 15 is 0 Å². The number of carbonyl (C=O) groups is 1. The summed E-state index contributed by atoms with van der Waals surface area (Å²) < 4.78 is 14.5. The van der Waals surface area contributed by atoms with Gasteiger partial charge < -0.3 is 9.47 Å². The molecule has 31 heavy (non-hydrogen) atoms. The number of piperazine rings is 1. The number of halogens is 4. The number of nitrogens with zero attached hydrogens (tertiary/aromatic N) is 4. The maximum absolute atomic E-state index is 12.8. The van der Waals surface area contributed by atoms with Gasteiger partial charge in [-0.25, -0.2) is 4.98 Å². The first-order valence-corrected chi connectivity index (χ1v) is 11.0. The number of hydrogen-bond donors (Lipinski definition) is 0. The molecule has 3 aromatic rings. The lowest BCUT2D eigenvalue weighted by Crippen LogP contribution is -2.49.